The molecule has 0 aliphatic carbocycles. The van der Waals surface area contributed by atoms with E-state index in [1.54, 1.807) is 18.6 Å². The van der Waals surface area contributed by atoms with Gasteiger partial charge >= 0.3 is 0 Å². The average Bonchev–Trinajstić information content (AvgIpc) is 1.69. The summed E-state index contributed by atoms with van der Waals surface area (Å²) < 4.78 is 0. The summed E-state index contributed by atoms with van der Waals surface area (Å²) in [7, 11) is 0. The van der Waals surface area contributed by atoms with E-state index in [1.807, 2.05) is 0 Å². The van der Waals surface area contributed by atoms with Gasteiger partial charge in [-0.3, -0.25) is 4.98 Å². The number of rotatable bonds is 0. The van der Waals surface area contributed by atoms with Crippen LogP contribution in [-0.2, 0) is 32.7 Å². The number of nitrogens with zero attached hydrogens (tertiary/aromatic N) is 2. The van der Waals surface area contributed by atoms with E-state index in [1.165, 1.54) is 0 Å². The molecular weight excluding hydrogens is 177 g/mol. The summed E-state index contributed by atoms with van der Waals surface area (Å²) in [5, 5.41) is 0. The molecule has 0 saturated heterocycles. The van der Waals surface area contributed by atoms with Crippen LogP contribution in [0.25, 0.3) is 0 Å². The van der Waals surface area contributed by atoms with Crippen molar-refractivity contribution in [2.75, 3.05) is 0 Å². The molecule has 2 nitrogen and oxygen atoms in total. The van der Waals surface area contributed by atoms with Crippen LogP contribution in [0.1, 0.15) is 5.69 Å². The first kappa shape index (κ1) is 8.05. The van der Waals surface area contributed by atoms with E-state index < -0.39 is 0 Å². The zero-order chi connectivity index (χ0) is 5.11. The summed E-state index contributed by atoms with van der Waals surface area (Å²) >= 11 is 0. The largest absolute Gasteiger partial charge is 0.355 e. The van der Waals surface area contributed by atoms with Crippen LogP contribution in [0.15, 0.2) is 18.6 Å². The maximum Gasteiger partial charge on any atom is 0.0402 e. The minimum Gasteiger partial charge on any atom is -0.355 e. The molecule has 0 unspecified atom stereocenters. The summed E-state index contributed by atoms with van der Waals surface area (Å²) in [4.78, 5) is 7.56. The van der Waals surface area contributed by atoms with Crippen molar-refractivity contribution in [3.8, 4) is 0 Å². The van der Waals surface area contributed by atoms with E-state index in [0.29, 0.717) is 5.69 Å². The molecule has 1 aromatic heterocycles. The normalized spacial score (nSPS) is 7.50. The molecule has 0 amide bonds. The van der Waals surface area contributed by atoms with Crippen LogP contribution >= 0.6 is 0 Å². The van der Waals surface area contributed by atoms with Crippen molar-refractivity contribution in [2.24, 2.45) is 0 Å². The Bertz CT molecular complexity index is 140. The Balaban J connectivity index is 0.000000490. The van der Waals surface area contributed by atoms with Gasteiger partial charge in [0, 0.05) is 45.1 Å². The molecule has 1 rings (SSSR count). The smallest absolute Gasteiger partial charge is 0.0402 e. The van der Waals surface area contributed by atoms with Crippen molar-refractivity contribution in [1.82, 2.24) is 9.97 Å². The number of hydrogen-bond acceptors (Lipinski definition) is 2. The Morgan fingerprint density at radius 2 is 2.12 bits per heavy atom. The van der Waals surface area contributed by atoms with E-state index >= 15 is 0 Å². The number of aromatic nitrogens is 2. The van der Waals surface area contributed by atoms with Crippen molar-refractivity contribution in [3.05, 3.63) is 31.2 Å². The maximum atomic E-state index is 3.81. The fraction of sp³-hybridized carbons (Fsp3) is 0. The Labute approximate surface area is 73.6 Å². The van der Waals surface area contributed by atoms with E-state index in [9.17, 15) is 0 Å². The fourth-order valence-electron chi connectivity index (χ4n) is 0.330. The van der Waals surface area contributed by atoms with Crippen LogP contribution in [-0.4, -0.2) is 9.97 Å². The van der Waals surface area contributed by atoms with Gasteiger partial charge in [0.05, 0.1) is 0 Å². The Hall–Kier alpha value is 0.0539. The first-order chi connectivity index (χ1) is 3.39. The van der Waals surface area contributed by atoms with Gasteiger partial charge in [0.2, 0.25) is 0 Å². The van der Waals surface area contributed by atoms with Crippen molar-refractivity contribution >= 4 is 0 Å². The van der Waals surface area contributed by atoms with Crippen molar-refractivity contribution in [2.45, 2.75) is 0 Å². The summed E-state index contributed by atoms with van der Waals surface area (Å²) in [5.41, 5.74) is 0.711. The summed E-state index contributed by atoms with van der Waals surface area (Å²) in [5.74, 6) is 0. The molecule has 39 valence electrons. The van der Waals surface area contributed by atoms with Gasteiger partial charge in [-0.25, -0.2) is 6.92 Å². The third-order valence-electron chi connectivity index (χ3n) is 0.617. The molecule has 1 radical (unpaired) electrons. The molecule has 0 spiro atoms. The average molecular weight is 182 g/mol. The fourth-order valence-corrected chi connectivity index (χ4v) is 0.330. The molecule has 0 N–H and O–H groups in total. The van der Waals surface area contributed by atoms with Crippen molar-refractivity contribution in [1.29, 1.82) is 0 Å². The van der Waals surface area contributed by atoms with Crippen LogP contribution in [0.4, 0.5) is 0 Å². The van der Waals surface area contributed by atoms with Crippen LogP contribution in [0, 0.1) is 6.92 Å². The van der Waals surface area contributed by atoms with Crippen LogP contribution in [0.3, 0.4) is 0 Å². The number of hydrogen-bond donors (Lipinski definition) is 0. The standard InChI is InChI=1S/C5H5N2.Y/c1-5-4-6-2-3-7-5;/h2-4H,1H2;/q-1;. The molecule has 0 fully saturated rings. The molecule has 0 saturated carbocycles. The molecule has 0 aliphatic heterocycles. The molecule has 0 aliphatic rings. The van der Waals surface area contributed by atoms with E-state index in [4.69, 9.17) is 0 Å². The van der Waals surface area contributed by atoms with Gasteiger partial charge in [-0.2, -0.15) is 0 Å². The molecular formula is C5H5N2Y-. The topological polar surface area (TPSA) is 25.8 Å². The SMILES string of the molecule is [CH2-]c1cnccn1.[Y]. The van der Waals surface area contributed by atoms with Gasteiger partial charge in [0.15, 0.2) is 0 Å². The predicted octanol–water partition coefficient (Wildman–Crippen LogP) is 0.656. The van der Waals surface area contributed by atoms with Crippen molar-refractivity contribution in [3.63, 3.8) is 0 Å². The van der Waals surface area contributed by atoms with E-state index in [-0.39, 0.29) is 32.7 Å². The van der Waals surface area contributed by atoms with Crippen LogP contribution < -0.4 is 0 Å². The summed E-state index contributed by atoms with van der Waals surface area (Å²) in [6, 6.07) is 0. The van der Waals surface area contributed by atoms with Gasteiger partial charge in [0.25, 0.3) is 0 Å². The zero-order valence-electron chi connectivity index (χ0n) is 4.41. The molecule has 1 heterocycles. The third kappa shape index (κ3) is 2.38. The van der Waals surface area contributed by atoms with E-state index in [0.717, 1.165) is 0 Å². The first-order valence-electron chi connectivity index (χ1n) is 1.97. The Morgan fingerprint density at radius 1 is 1.38 bits per heavy atom. The third-order valence-corrected chi connectivity index (χ3v) is 0.617. The molecule has 3 heteroatoms. The van der Waals surface area contributed by atoms with Gasteiger partial charge in [-0.1, -0.05) is 11.9 Å². The first-order valence-corrected chi connectivity index (χ1v) is 1.97. The molecule has 8 heavy (non-hydrogen) atoms. The Kier molecular flexibility index (Phi) is 4.01. The van der Waals surface area contributed by atoms with Gasteiger partial charge in [-0.15, -0.1) is 0 Å². The molecule has 0 bridgehead atoms. The zero-order valence-corrected chi connectivity index (χ0v) is 7.25. The van der Waals surface area contributed by atoms with Gasteiger partial charge < -0.3 is 4.98 Å². The van der Waals surface area contributed by atoms with E-state index in [2.05, 4.69) is 16.9 Å². The van der Waals surface area contributed by atoms with Crippen molar-refractivity contribution < 1.29 is 32.7 Å². The van der Waals surface area contributed by atoms with Crippen LogP contribution in [0.5, 0.6) is 0 Å². The second-order valence-corrected chi connectivity index (χ2v) is 1.20. The summed E-state index contributed by atoms with van der Waals surface area (Å²) in [6.45, 7) is 3.55. The summed E-state index contributed by atoms with van der Waals surface area (Å²) in [6.07, 6.45) is 4.84. The second-order valence-electron chi connectivity index (χ2n) is 1.20. The molecule has 0 atom stereocenters. The predicted molar refractivity (Wildman–Crippen MR) is 26.5 cm³/mol. The second kappa shape index (κ2) is 3.99. The monoisotopic (exact) mass is 182 g/mol. The quantitative estimate of drug-likeness (QED) is 0.550. The molecule has 0 aromatic carbocycles. The Morgan fingerprint density at radius 3 is 2.38 bits per heavy atom. The minimum absolute atomic E-state index is 0. The maximum absolute atomic E-state index is 3.81. The van der Waals surface area contributed by atoms with Crippen LogP contribution in [0.2, 0.25) is 0 Å². The van der Waals surface area contributed by atoms with Gasteiger partial charge in [0.1, 0.15) is 0 Å². The van der Waals surface area contributed by atoms with Gasteiger partial charge in [-0.05, 0) is 0 Å². The molecule has 1 aromatic rings. The minimum atomic E-state index is 0.